The predicted octanol–water partition coefficient (Wildman–Crippen LogP) is 6.09. The van der Waals surface area contributed by atoms with Crippen LogP contribution >= 0.6 is 0 Å². The molecule has 4 aliphatic heterocycles. The number of β-amino-alcohol motifs (C(OH)–C–C–N with tert-alkyl or cyclic N) is 1. The zero-order chi connectivity index (χ0) is 46.3. The number of phenols is 1. The van der Waals surface area contributed by atoms with E-state index in [2.05, 4.69) is 47.2 Å². The van der Waals surface area contributed by atoms with Gasteiger partial charge < -0.3 is 54.3 Å². The van der Waals surface area contributed by atoms with Gasteiger partial charge in [0, 0.05) is 80.8 Å². The molecule has 66 heavy (non-hydrogen) atoms. The number of carbonyl (C=O) groups excluding carboxylic acids is 2. The standard InChI is InChI=1S/C49H65N9O8/c1-29(2)45(47(61)57-28-33(59)23-40(57)48(62)65-49(3,4)5)42-25-43(54-66-42)55-20-17-36(18-21-55)63-34-12-14-35(15-13-34)64-44-22-30(16-19-51-44)58-31-10-11-32(58)27-56(26-31)39-24-38(52-53-46(39)50)37-8-6-7-9-41(37)60/h6-9,16,19,22,24-25,29,31-36,40,45,59-60H,10-15,17-18,20-21,23,26-28H2,1-5H3,(H2,50,53)/t31?,32?,33-,34?,35?,40+,45-/m1/s1. The second-order valence-corrected chi connectivity index (χ2v) is 20.1. The van der Waals surface area contributed by atoms with E-state index in [0.29, 0.717) is 46.6 Å². The van der Waals surface area contributed by atoms with Crippen molar-refractivity contribution in [1.29, 1.82) is 0 Å². The number of aliphatic hydroxyl groups is 1. The highest BCUT2D eigenvalue weighted by Gasteiger charge is 2.45. The van der Waals surface area contributed by atoms with Crippen LogP contribution in [0.1, 0.15) is 104 Å². The number of esters is 1. The Hall–Kier alpha value is -5.68. The van der Waals surface area contributed by atoms with Crippen molar-refractivity contribution < 1.29 is 38.5 Å². The van der Waals surface area contributed by atoms with Crippen molar-refractivity contribution in [2.45, 2.75) is 146 Å². The Morgan fingerprint density at radius 3 is 2.26 bits per heavy atom. The van der Waals surface area contributed by atoms with Gasteiger partial charge in [-0.25, -0.2) is 9.78 Å². The van der Waals surface area contributed by atoms with Crippen molar-refractivity contribution in [1.82, 2.24) is 25.2 Å². The van der Waals surface area contributed by atoms with Crippen LogP contribution in [0.25, 0.3) is 11.3 Å². The summed E-state index contributed by atoms with van der Waals surface area (Å²) >= 11 is 0. The summed E-state index contributed by atoms with van der Waals surface area (Å²) in [5, 5.41) is 33.9. The van der Waals surface area contributed by atoms with Gasteiger partial charge in [0.15, 0.2) is 17.4 Å². The molecule has 1 saturated carbocycles. The lowest BCUT2D eigenvalue weighted by Crippen LogP contribution is -2.54. The van der Waals surface area contributed by atoms with Crippen molar-refractivity contribution in [2.75, 3.05) is 53.2 Å². The quantitative estimate of drug-likeness (QED) is 0.138. The fourth-order valence-electron chi connectivity index (χ4n) is 10.7. The Labute approximate surface area is 386 Å². The Morgan fingerprint density at radius 2 is 1.56 bits per heavy atom. The third kappa shape index (κ3) is 9.87. The van der Waals surface area contributed by atoms with Crippen molar-refractivity contribution in [3.05, 3.63) is 60.5 Å². The minimum Gasteiger partial charge on any atom is -0.507 e. The number of piperazine rings is 1. The molecule has 5 aliphatic rings. The molecule has 1 aliphatic carbocycles. The number of rotatable bonds is 12. The number of phenolic OH excluding ortho intramolecular Hbond substituents is 1. The van der Waals surface area contributed by atoms with Crippen LogP contribution in [0, 0.1) is 5.92 Å². The third-order valence-electron chi connectivity index (χ3n) is 13.9. The topological polar surface area (TPSA) is 206 Å². The van der Waals surface area contributed by atoms with Gasteiger partial charge in [0.1, 0.15) is 29.4 Å². The lowest BCUT2D eigenvalue weighted by Gasteiger charge is -2.43. The van der Waals surface area contributed by atoms with Gasteiger partial charge in [-0.2, -0.15) is 0 Å². The van der Waals surface area contributed by atoms with Gasteiger partial charge in [-0.3, -0.25) is 4.79 Å². The number of nitrogen functional groups attached to an aromatic ring is 1. The maximum absolute atomic E-state index is 14.0. The number of para-hydroxylation sites is 1. The highest BCUT2D eigenvalue weighted by Crippen LogP contribution is 2.40. The zero-order valence-electron chi connectivity index (χ0n) is 38.8. The van der Waals surface area contributed by atoms with Crippen molar-refractivity contribution in [3.8, 4) is 22.9 Å². The van der Waals surface area contributed by atoms with E-state index in [1.807, 2.05) is 44.3 Å². The lowest BCUT2D eigenvalue weighted by atomic mass is 9.91. The number of hydrogen-bond donors (Lipinski definition) is 3. The van der Waals surface area contributed by atoms with Gasteiger partial charge in [0.2, 0.25) is 11.8 Å². The Morgan fingerprint density at radius 1 is 0.864 bits per heavy atom. The van der Waals surface area contributed by atoms with E-state index < -0.39 is 29.6 Å². The normalized spacial score (nSPS) is 25.4. The first-order chi connectivity index (χ1) is 31.7. The van der Waals surface area contributed by atoms with Gasteiger partial charge in [0.05, 0.1) is 29.7 Å². The maximum Gasteiger partial charge on any atom is 0.329 e. The van der Waals surface area contributed by atoms with E-state index in [1.54, 1.807) is 32.9 Å². The summed E-state index contributed by atoms with van der Waals surface area (Å²) in [7, 11) is 0. The number of ether oxygens (including phenoxy) is 3. The number of nitrogens with zero attached hydrogens (tertiary/aromatic N) is 8. The zero-order valence-corrected chi connectivity index (χ0v) is 38.8. The highest BCUT2D eigenvalue weighted by molar-refractivity contribution is 5.89. The number of piperidine rings is 1. The monoisotopic (exact) mass is 907 g/mol. The maximum atomic E-state index is 14.0. The smallest absolute Gasteiger partial charge is 0.329 e. The number of aromatic hydroxyl groups is 1. The van der Waals surface area contributed by atoms with E-state index in [4.69, 9.17) is 24.5 Å². The Bertz CT molecular complexity index is 2320. The summed E-state index contributed by atoms with van der Waals surface area (Å²) in [6, 6.07) is 14.8. The lowest BCUT2D eigenvalue weighted by molar-refractivity contribution is -0.163. The fourth-order valence-corrected chi connectivity index (χ4v) is 10.7. The van der Waals surface area contributed by atoms with E-state index in [-0.39, 0.29) is 48.9 Å². The van der Waals surface area contributed by atoms with Crippen LogP contribution in [-0.4, -0.2) is 128 Å². The number of hydrogen-bond acceptors (Lipinski definition) is 16. The average molecular weight is 908 g/mol. The van der Waals surface area contributed by atoms with Crippen LogP contribution in [0.15, 0.2) is 59.3 Å². The minimum atomic E-state index is -0.853. The number of likely N-dealkylation sites (tertiary alicyclic amines) is 1. The van der Waals surface area contributed by atoms with Gasteiger partial charge in [-0.1, -0.05) is 31.1 Å². The van der Waals surface area contributed by atoms with E-state index in [9.17, 15) is 19.8 Å². The molecule has 2 unspecified atom stereocenters. The molecule has 3 aromatic heterocycles. The van der Waals surface area contributed by atoms with Crippen LogP contribution in [0.2, 0.25) is 0 Å². The summed E-state index contributed by atoms with van der Waals surface area (Å²) in [6.45, 7) is 12.4. The van der Waals surface area contributed by atoms with Crippen molar-refractivity contribution >= 4 is 34.9 Å². The van der Waals surface area contributed by atoms with Gasteiger partial charge in [0.25, 0.3) is 0 Å². The molecule has 354 valence electrons. The number of fused-ring (bicyclic) bond motifs is 2. The number of aromatic nitrogens is 4. The van der Waals surface area contributed by atoms with E-state index in [1.165, 1.54) is 4.90 Å². The van der Waals surface area contributed by atoms with Crippen LogP contribution in [-0.2, 0) is 19.1 Å². The van der Waals surface area contributed by atoms with Crippen molar-refractivity contribution in [2.24, 2.45) is 5.92 Å². The molecule has 5 fully saturated rings. The molecule has 17 nitrogen and oxygen atoms in total. The molecule has 7 heterocycles. The first kappa shape index (κ1) is 45.5. The summed E-state index contributed by atoms with van der Waals surface area (Å²) in [5.74, 6) is 0.750. The minimum absolute atomic E-state index is 0.0657. The van der Waals surface area contributed by atoms with Crippen molar-refractivity contribution in [3.63, 3.8) is 0 Å². The number of carbonyl (C=O) groups is 2. The Kier molecular flexibility index (Phi) is 13.0. The average Bonchev–Trinajstić information content (AvgIpc) is 4.00. The third-order valence-corrected chi connectivity index (χ3v) is 13.9. The van der Waals surface area contributed by atoms with Crippen LogP contribution < -0.4 is 25.2 Å². The van der Waals surface area contributed by atoms with Crippen LogP contribution in [0.5, 0.6) is 11.6 Å². The summed E-state index contributed by atoms with van der Waals surface area (Å²) in [6.07, 6.45) is 9.09. The van der Waals surface area contributed by atoms with Gasteiger partial charge in [-0.15, -0.1) is 10.2 Å². The summed E-state index contributed by atoms with van der Waals surface area (Å²) < 4.78 is 24.6. The molecule has 2 bridgehead atoms. The molecule has 4 saturated heterocycles. The first-order valence-electron chi connectivity index (χ1n) is 23.8. The SMILES string of the molecule is CC(C)[C@@H](C(=O)N1C[C@H](O)C[C@H]1C(=O)OC(C)(C)C)c1cc(N2CCC(OC3CCC(Oc4cc(N5C6CCC5CN(c5cc(-c7ccccc7O)nnc5N)C6)ccn4)CC3)CC2)no1. The van der Waals surface area contributed by atoms with Crippen LogP contribution in [0.3, 0.4) is 0 Å². The molecule has 4 N–H and O–H groups in total. The van der Waals surface area contributed by atoms with E-state index >= 15 is 0 Å². The van der Waals surface area contributed by atoms with Gasteiger partial charge >= 0.3 is 5.97 Å². The molecular formula is C49H65N9O8. The fraction of sp³-hybridized carbons (Fsp3) is 0.592. The number of anilines is 4. The number of aliphatic hydroxyl groups excluding tert-OH is 1. The molecule has 4 aromatic rings. The number of amides is 1. The first-order valence-corrected chi connectivity index (χ1v) is 23.8. The molecule has 9 rings (SSSR count). The predicted molar refractivity (Wildman–Crippen MR) is 248 cm³/mol. The summed E-state index contributed by atoms with van der Waals surface area (Å²) in [5.41, 5.74) is 8.86. The molecule has 0 radical (unpaired) electrons. The molecule has 17 heteroatoms. The number of pyridine rings is 1. The van der Waals surface area contributed by atoms with Gasteiger partial charge in [-0.05, 0) is 102 Å². The summed E-state index contributed by atoms with van der Waals surface area (Å²) in [4.78, 5) is 40.1. The highest BCUT2D eigenvalue weighted by atomic mass is 16.6. The molecule has 0 spiro atoms. The van der Waals surface area contributed by atoms with E-state index in [0.717, 1.165) is 88.9 Å². The molecule has 1 amide bonds. The number of nitrogens with two attached hydrogens (primary N) is 1. The second-order valence-electron chi connectivity index (χ2n) is 20.1. The van der Waals surface area contributed by atoms with Crippen LogP contribution in [0.4, 0.5) is 23.0 Å². The largest absolute Gasteiger partial charge is 0.507 e. The molecule has 5 atom stereocenters. The number of benzene rings is 1. The molecular weight excluding hydrogens is 843 g/mol. The Balaban J connectivity index is 0.740. The second kappa shape index (κ2) is 18.9. The molecule has 1 aromatic carbocycles.